The van der Waals surface area contributed by atoms with Gasteiger partial charge < -0.3 is 10.6 Å². The van der Waals surface area contributed by atoms with E-state index in [2.05, 4.69) is 20.8 Å². The zero-order chi connectivity index (χ0) is 24.9. The van der Waals surface area contributed by atoms with Gasteiger partial charge in [0.1, 0.15) is 0 Å². The Morgan fingerprint density at radius 1 is 1.00 bits per heavy atom. The maximum atomic E-state index is 12.7. The molecule has 0 atom stereocenters. The number of nitrogens with zero attached hydrogens (tertiary/aromatic N) is 3. The Bertz CT molecular complexity index is 1360. The van der Waals surface area contributed by atoms with Crippen molar-refractivity contribution < 1.29 is 9.59 Å². The molecule has 35 heavy (non-hydrogen) atoms. The molecule has 0 aliphatic carbocycles. The monoisotopic (exact) mass is 505 g/mol. The van der Waals surface area contributed by atoms with Crippen molar-refractivity contribution in [2.45, 2.75) is 39.4 Å². The molecular formula is C26H27N5O2S2. The number of anilines is 1. The molecule has 2 aromatic carbocycles. The lowest BCUT2D eigenvalue weighted by atomic mass is 10.1. The molecule has 0 fully saturated rings. The van der Waals surface area contributed by atoms with E-state index >= 15 is 0 Å². The first-order chi connectivity index (χ1) is 16.8. The van der Waals surface area contributed by atoms with Gasteiger partial charge in [0.2, 0.25) is 5.91 Å². The average molecular weight is 506 g/mol. The van der Waals surface area contributed by atoms with Crippen LogP contribution in [0.1, 0.15) is 37.7 Å². The minimum absolute atomic E-state index is 0.119. The summed E-state index contributed by atoms with van der Waals surface area (Å²) in [7, 11) is 0. The van der Waals surface area contributed by atoms with Crippen LogP contribution in [0.5, 0.6) is 0 Å². The van der Waals surface area contributed by atoms with Gasteiger partial charge in [-0.2, -0.15) is 0 Å². The number of aryl methyl sites for hydroxylation is 3. The molecule has 4 rings (SSSR count). The Hall–Kier alpha value is -3.43. The van der Waals surface area contributed by atoms with Crippen molar-refractivity contribution >= 4 is 40.6 Å². The largest absolute Gasteiger partial charge is 0.344 e. The third kappa shape index (κ3) is 5.80. The molecule has 0 aliphatic rings. The molecule has 0 unspecified atom stereocenters. The van der Waals surface area contributed by atoms with Crippen LogP contribution in [0.2, 0.25) is 0 Å². The SMILES string of the molecule is Cc1ccc(C)c(NC(=O)CSc2nnc(CNC(=O)c3cccs3)n2-c2cccc(C)c2C)c1. The van der Waals surface area contributed by atoms with Gasteiger partial charge in [0.25, 0.3) is 5.91 Å². The number of rotatable bonds is 8. The fourth-order valence-corrected chi connectivity index (χ4v) is 4.97. The summed E-state index contributed by atoms with van der Waals surface area (Å²) in [5.74, 6) is 0.503. The number of carbonyl (C=O) groups is 2. The average Bonchev–Trinajstić information content (AvgIpc) is 3.51. The van der Waals surface area contributed by atoms with Crippen LogP contribution in [-0.4, -0.2) is 32.3 Å². The predicted molar refractivity (Wildman–Crippen MR) is 142 cm³/mol. The van der Waals surface area contributed by atoms with Crippen LogP contribution >= 0.6 is 23.1 Å². The first-order valence-electron chi connectivity index (χ1n) is 11.2. The lowest BCUT2D eigenvalue weighted by Crippen LogP contribution is -2.24. The van der Waals surface area contributed by atoms with Crippen LogP contribution in [0, 0.1) is 27.7 Å². The van der Waals surface area contributed by atoms with Gasteiger partial charge in [0.15, 0.2) is 11.0 Å². The molecule has 0 aliphatic heterocycles. The summed E-state index contributed by atoms with van der Waals surface area (Å²) >= 11 is 2.70. The summed E-state index contributed by atoms with van der Waals surface area (Å²) in [6.45, 7) is 8.27. The molecule has 0 radical (unpaired) electrons. The number of hydrogen-bond acceptors (Lipinski definition) is 6. The topological polar surface area (TPSA) is 88.9 Å². The molecule has 4 aromatic rings. The minimum Gasteiger partial charge on any atom is -0.344 e. The number of aromatic nitrogens is 3. The van der Waals surface area contributed by atoms with Gasteiger partial charge in [-0.05, 0) is 73.5 Å². The molecule has 9 heteroatoms. The first-order valence-corrected chi connectivity index (χ1v) is 13.0. The van der Waals surface area contributed by atoms with Crippen LogP contribution in [0.4, 0.5) is 5.69 Å². The lowest BCUT2D eigenvalue weighted by Gasteiger charge is -2.15. The van der Waals surface area contributed by atoms with Gasteiger partial charge in [-0.25, -0.2) is 0 Å². The molecule has 180 valence electrons. The summed E-state index contributed by atoms with van der Waals surface area (Å²) in [5, 5.41) is 17.1. The van der Waals surface area contributed by atoms with Gasteiger partial charge in [-0.15, -0.1) is 21.5 Å². The second kappa shape index (κ2) is 10.9. The molecule has 0 saturated carbocycles. The van der Waals surface area contributed by atoms with E-state index in [-0.39, 0.29) is 24.1 Å². The number of amides is 2. The van der Waals surface area contributed by atoms with E-state index in [4.69, 9.17) is 0 Å². The normalized spacial score (nSPS) is 10.9. The van der Waals surface area contributed by atoms with Gasteiger partial charge in [-0.1, -0.05) is 42.1 Å². The number of benzene rings is 2. The van der Waals surface area contributed by atoms with Crippen molar-refractivity contribution in [1.29, 1.82) is 0 Å². The predicted octanol–water partition coefficient (Wildman–Crippen LogP) is 5.22. The van der Waals surface area contributed by atoms with Crippen molar-refractivity contribution in [3.8, 4) is 5.69 Å². The highest BCUT2D eigenvalue weighted by Crippen LogP contribution is 2.26. The van der Waals surface area contributed by atoms with Gasteiger partial charge in [0, 0.05) is 5.69 Å². The molecular weight excluding hydrogens is 478 g/mol. The molecule has 0 spiro atoms. The smallest absolute Gasteiger partial charge is 0.261 e. The van der Waals surface area contributed by atoms with Gasteiger partial charge in [0.05, 0.1) is 22.9 Å². The van der Waals surface area contributed by atoms with E-state index in [1.807, 2.05) is 80.1 Å². The summed E-state index contributed by atoms with van der Waals surface area (Å²) in [6, 6.07) is 15.6. The summed E-state index contributed by atoms with van der Waals surface area (Å²) in [6.07, 6.45) is 0. The molecule has 0 bridgehead atoms. The van der Waals surface area contributed by atoms with Crippen molar-refractivity contribution in [3.63, 3.8) is 0 Å². The molecule has 0 saturated heterocycles. The minimum atomic E-state index is -0.155. The first kappa shape index (κ1) is 24.7. The highest BCUT2D eigenvalue weighted by atomic mass is 32.2. The quantitative estimate of drug-likeness (QED) is 0.320. The van der Waals surface area contributed by atoms with Crippen molar-refractivity contribution in [2.75, 3.05) is 11.1 Å². The van der Waals surface area contributed by atoms with Crippen LogP contribution < -0.4 is 10.6 Å². The van der Waals surface area contributed by atoms with E-state index < -0.39 is 0 Å². The van der Waals surface area contributed by atoms with Crippen LogP contribution in [0.15, 0.2) is 59.1 Å². The van der Waals surface area contributed by atoms with E-state index in [1.54, 1.807) is 6.07 Å². The van der Waals surface area contributed by atoms with Crippen molar-refractivity contribution in [1.82, 2.24) is 20.1 Å². The second-order valence-corrected chi connectivity index (χ2v) is 10.2. The number of thioether (sulfide) groups is 1. The van der Waals surface area contributed by atoms with Crippen LogP contribution in [0.3, 0.4) is 0 Å². The van der Waals surface area contributed by atoms with E-state index in [0.29, 0.717) is 15.9 Å². The summed E-state index contributed by atoms with van der Waals surface area (Å²) < 4.78 is 1.92. The number of carbonyl (C=O) groups excluding carboxylic acids is 2. The zero-order valence-electron chi connectivity index (χ0n) is 20.1. The Labute approximate surface area is 213 Å². The molecule has 2 N–H and O–H groups in total. The lowest BCUT2D eigenvalue weighted by molar-refractivity contribution is -0.113. The third-order valence-corrected chi connectivity index (χ3v) is 7.47. The van der Waals surface area contributed by atoms with Gasteiger partial charge in [-0.3, -0.25) is 14.2 Å². The third-order valence-electron chi connectivity index (χ3n) is 5.67. The molecule has 2 amide bonds. The number of nitrogens with one attached hydrogen (secondary N) is 2. The second-order valence-electron chi connectivity index (χ2n) is 8.27. The van der Waals surface area contributed by atoms with E-state index in [0.717, 1.165) is 33.6 Å². The van der Waals surface area contributed by atoms with E-state index in [1.165, 1.54) is 23.1 Å². The zero-order valence-corrected chi connectivity index (χ0v) is 21.7. The number of hydrogen-bond donors (Lipinski definition) is 2. The standard InChI is InChI=1S/C26H27N5O2S2/c1-16-10-11-18(3)20(13-16)28-24(32)15-35-26-30-29-23(14-27-25(33)22-9-6-12-34-22)31(26)21-8-5-7-17(2)19(21)4/h5-13H,14-15H2,1-4H3,(H,27,33)(H,28,32). The molecule has 7 nitrogen and oxygen atoms in total. The Balaban J connectivity index is 1.55. The van der Waals surface area contributed by atoms with Crippen molar-refractivity contribution in [3.05, 3.63) is 86.9 Å². The van der Waals surface area contributed by atoms with Crippen molar-refractivity contribution in [2.24, 2.45) is 0 Å². The Morgan fingerprint density at radius 3 is 2.60 bits per heavy atom. The van der Waals surface area contributed by atoms with Gasteiger partial charge >= 0.3 is 0 Å². The maximum Gasteiger partial charge on any atom is 0.261 e. The Kier molecular flexibility index (Phi) is 7.67. The van der Waals surface area contributed by atoms with E-state index in [9.17, 15) is 9.59 Å². The Morgan fingerprint density at radius 2 is 1.83 bits per heavy atom. The summed E-state index contributed by atoms with van der Waals surface area (Å²) in [5.41, 5.74) is 6.04. The number of thiophene rings is 1. The fraction of sp³-hybridized carbons (Fsp3) is 0.231. The summed E-state index contributed by atoms with van der Waals surface area (Å²) in [4.78, 5) is 25.8. The highest BCUT2D eigenvalue weighted by molar-refractivity contribution is 7.99. The highest BCUT2D eigenvalue weighted by Gasteiger charge is 2.19. The fourth-order valence-electron chi connectivity index (χ4n) is 3.57. The molecule has 2 aromatic heterocycles. The van der Waals surface area contributed by atoms with Crippen LogP contribution in [0.25, 0.3) is 5.69 Å². The maximum absolute atomic E-state index is 12.7. The van der Waals surface area contributed by atoms with Crippen LogP contribution in [-0.2, 0) is 11.3 Å². The molecule has 2 heterocycles.